The lowest BCUT2D eigenvalue weighted by Gasteiger charge is -2.11. The van der Waals surface area contributed by atoms with Crippen molar-refractivity contribution in [3.8, 4) is 28.2 Å². The number of fused-ring (bicyclic) bond motifs is 9. The summed E-state index contributed by atoms with van der Waals surface area (Å²) in [7, 11) is 0. The van der Waals surface area contributed by atoms with Crippen LogP contribution in [0, 0.1) is 13.8 Å². The van der Waals surface area contributed by atoms with Gasteiger partial charge in [-0.05, 0) is 122 Å². The lowest BCUT2D eigenvalue weighted by molar-refractivity contribution is 1.16. The molecule has 3 nitrogen and oxygen atoms in total. The summed E-state index contributed by atoms with van der Waals surface area (Å²) in [5.74, 6) is 0. The molecule has 0 unspecified atom stereocenters. The van der Waals surface area contributed by atoms with Crippen molar-refractivity contribution in [1.82, 2.24) is 13.7 Å². The highest BCUT2D eigenvalue weighted by Crippen LogP contribution is 2.40. The van der Waals surface area contributed by atoms with Crippen LogP contribution in [0.25, 0.3) is 93.6 Å². The Morgan fingerprint density at radius 3 is 1.17 bits per heavy atom. The number of aryl methyl sites for hydroxylation is 2. The number of hydrogen-bond donors (Lipinski definition) is 0. The van der Waals surface area contributed by atoms with Gasteiger partial charge in [-0.2, -0.15) is 0 Å². The van der Waals surface area contributed by atoms with E-state index in [1.165, 1.54) is 99.0 Å². The van der Waals surface area contributed by atoms with Gasteiger partial charge >= 0.3 is 0 Å². The molecule has 0 saturated heterocycles. The van der Waals surface area contributed by atoms with Gasteiger partial charge in [-0.15, -0.1) is 0 Å². The third-order valence-corrected chi connectivity index (χ3v) is 11.1. The molecule has 0 radical (unpaired) electrons. The van der Waals surface area contributed by atoms with E-state index >= 15 is 0 Å². The number of aromatic nitrogens is 3. The summed E-state index contributed by atoms with van der Waals surface area (Å²) in [6.45, 7) is 4.37. The van der Waals surface area contributed by atoms with Crippen LogP contribution in [0.5, 0.6) is 0 Å². The summed E-state index contributed by atoms with van der Waals surface area (Å²) in [5.41, 5.74) is 15.8. The molecule has 3 heterocycles. The summed E-state index contributed by atoms with van der Waals surface area (Å²) >= 11 is 0. The molecular weight excluding hydrogens is 643 g/mol. The standard InChI is InChI=1S/C50H35N3/c1-32-17-22-46-40(27-32)42-29-34(19-24-48(42)52(46)37-13-7-4-8-14-37)35-20-25-49-43(30-35)41-28-33(2)18-23-47(41)53(49)38-21-26-50-44(31-38)39-15-9-10-16-45(39)51(50)36-11-5-3-6-12-36/h3-31H,1-2H3. The minimum absolute atomic E-state index is 1.16. The average molecular weight is 678 g/mol. The van der Waals surface area contributed by atoms with Crippen molar-refractivity contribution in [2.75, 3.05) is 0 Å². The first-order chi connectivity index (χ1) is 26.1. The lowest BCUT2D eigenvalue weighted by Crippen LogP contribution is -1.95. The normalized spacial score (nSPS) is 12.0. The van der Waals surface area contributed by atoms with E-state index in [4.69, 9.17) is 0 Å². The molecule has 0 saturated carbocycles. The van der Waals surface area contributed by atoms with Crippen molar-refractivity contribution < 1.29 is 0 Å². The Balaban J connectivity index is 1.11. The molecule has 0 amide bonds. The maximum Gasteiger partial charge on any atom is 0.0542 e. The van der Waals surface area contributed by atoms with Crippen molar-refractivity contribution in [1.29, 1.82) is 0 Å². The van der Waals surface area contributed by atoms with E-state index in [1.54, 1.807) is 0 Å². The van der Waals surface area contributed by atoms with Gasteiger partial charge in [-0.25, -0.2) is 0 Å². The Morgan fingerprint density at radius 2 is 0.642 bits per heavy atom. The van der Waals surface area contributed by atoms with Crippen molar-refractivity contribution in [2.45, 2.75) is 13.8 Å². The second-order valence-corrected chi connectivity index (χ2v) is 14.4. The molecule has 3 aromatic heterocycles. The molecule has 0 bridgehead atoms. The van der Waals surface area contributed by atoms with E-state index in [2.05, 4.69) is 203 Å². The van der Waals surface area contributed by atoms with Crippen LogP contribution in [-0.2, 0) is 0 Å². The highest BCUT2D eigenvalue weighted by Gasteiger charge is 2.18. The van der Waals surface area contributed by atoms with Gasteiger partial charge in [0.05, 0.1) is 33.1 Å². The van der Waals surface area contributed by atoms with Gasteiger partial charge in [0, 0.05) is 49.4 Å². The lowest BCUT2D eigenvalue weighted by atomic mass is 10.00. The van der Waals surface area contributed by atoms with Crippen molar-refractivity contribution in [3.63, 3.8) is 0 Å². The Hall–Kier alpha value is -6.84. The zero-order valence-corrected chi connectivity index (χ0v) is 29.6. The topological polar surface area (TPSA) is 14.8 Å². The van der Waals surface area contributed by atoms with Crippen molar-refractivity contribution >= 4 is 65.4 Å². The quantitative estimate of drug-likeness (QED) is 0.176. The molecule has 0 N–H and O–H groups in total. The van der Waals surface area contributed by atoms with Crippen LogP contribution < -0.4 is 0 Å². The molecule has 0 aliphatic rings. The van der Waals surface area contributed by atoms with Gasteiger partial charge < -0.3 is 13.7 Å². The fraction of sp³-hybridized carbons (Fsp3) is 0.0400. The molecule has 250 valence electrons. The molecular formula is C50H35N3. The fourth-order valence-corrected chi connectivity index (χ4v) is 8.72. The van der Waals surface area contributed by atoms with Gasteiger partial charge in [0.15, 0.2) is 0 Å². The van der Waals surface area contributed by atoms with E-state index in [9.17, 15) is 0 Å². The van der Waals surface area contributed by atoms with E-state index in [0.717, 1.165) is 5.69 Å². The molecule has 11 rings (SSSR count). The molecule has 53 heavy (non-hydrogen) atoms. The van der Waals surface area contributed by atoms with Crippen LogP contribution in [0.3, 0.4) is 0 Å². The van der Waals surface area contributed by atoms with Crippen LogP contribution in [0.4, 0.5) is 0 Å². The largest absolute Gasteiger partial charge is 0.309 e. The van der Waals surface area contributed by atoms with Crippen molar-refractivity contribution in [3.05, 3.63) is 187 Å². The van der Waals surface area contributed by atoms with Crippen LogP contribution in [0.1, 0.15) is 11.1 Å². The molecule has 0 aliphatic carbocycles. The molecule has 8 aromatic carbocycles. The smallest absolute Gasteiger partial charge is 0.0542 e. The first-order valence-corrected chi connectivity index (χ1v) is 18.4. The predicted molar refractivity (Wildman–Crippen MR) is 224 cm³/mol. The Kier molecular flexibility index (Phi) is 6.38. The molecule has 0 atom stereocenters. The van der Waals surface area contributed by atoms with Crippen molar-refractivity contribution in [2.24, 2.45) is 0 Å². The summed E-state index contributed by atoms with van der Waals surface area (Å²) in [4.78, 5) is 0. The molecule has 0 spiro atoms. The third kappa shape index (κ3) is 4.47. The Bertz CT molecular complexity index is 3230. The summed E-state index contributed by atoms with van der Waals surface area (Å²) in [6.07, 6.45) is 0. The Morgan fingerprint density at radius 1 is 0.264 bits per heavy atom. The number of rotatable bonds is 4. The van der Waals surface area contributed by atoms with E-state index < -0.39 is 0 Å². The Labute approximate surface area is 307 Å². The van der Waals surface area contributed by atoms with Crippen LogP contribution in [0.2, 0.25) is 0 Å². The second kappa shape index (κ2) is 11.3. The summed E-state index contributed by atoms with van der Waals surface area (Å²) in [5, 5.41) is 7.58. The number of hydrogen-bond acceptors (Lipinski definition) is 0. The highest BCUT2D eigenvalue weighted by atomic mass is 15.0. The van der Waals surface area contributed by atoms with Gasteiger partial charge in [0.1, 0.15) is 0 Å². The predicted octanol–water partition coefficient (Wildman–Crippen LogP) is 13.3. The van der Waals surface area contributed by atoms with Crippen LogP contribution >= 0.6 is 0 Å². The summed E-state index contributed by atoms with van der Waals surface area (Å²) < 4.78 is 7.22. The first-order valence-electron chi connectivity index (χ1n) is 18.4. The van der Waals surface area contributed by atoms with E-state index in [-0.39, 0.29) is 0 Å². The van der Waals surface area contributed by atoms with Gasteiger partial charge in [-0.1, -0.05) is 90.0 Å². The number of nitrogens with zero attached hydrogens (tertiary/aromatic N) is 3. The minimum Gasteiger partial charge on any atom is -0.309 e. The third-order valence-electron chi connectivity index (χ3n) is 11.1. The monoisotopic (exact) mass is 677 g/mol. The number of para-hydroxylation sites is 3. The molecule has 0 aliphatic heterocycles. The molecule has 0 fully saturated rings. The van der Waals surface area contributed by atoms with E-state index in [1.807, 2.05) is 0 Å². The molecule has 11 aromatic rings. The van der Waals surface area contributed by atoms with E-state index in [0.29, 0.717) is 0 Å². The number of benzene rings is 8. The maximum absolute atomic E-state index is 2.45. The second-order valence-electron chi connectivity index (χ2n) is 14.4. The van der Waals surface area contributed by atoms with Crippen LogP contribution in [0.15, 0.2) is 176 Å². The average Bonchev–Trinajstić information content (AvgIpc) is 3.83. The maximum atomic E-state index is 2.45. The molecule has 3 heteroatoms. The first kappa shape index (κ1) is 29.8. The summed E-state index contributed by atoms with van der Waals surface area (Å²) in [6, 6.07) is 64.7. The van der Waals surface area contributed by atoms with Crippen LogP contribution in [-0.4, -0.2) is 13.7 Å². The van der Waals surface area contributed by atoms with Gasteiger partial charge in [0.2, 0.25) is 0 Å². The SMILES string of the molecule is Cc1ccc2c(c1)c1cc(-c3ccc4c(c3)c3cc(C)ccc3n4-c3ccc4c(c3)c3ccccc3n4-c3ccccc3)ccc1n2-c1ccccc1. The zero-order chi connectivity index (χ0) is 35.2. The zero-order valence-electron chi connectivity index (χ0n) is 29.6. The van der Waals surface area contributed by atoms with Gasteiger partial charge in [0.25, 0.3) is 0 Å². The highest BCUT2D eigenvalue weighted by molar-refractivity contribution is 6.14. The fourth-order valence-electron chi connectivity index (χ4n) is 8.72. The van der Waals surface area contributed by atoms with Gasteiger partial charge in [-0.3, -0.25) is 0 Å². The minimum atomic E-state index is 1.16.